The molecule has 1 fully saturated rings. The molecular formula is C19H27N3O3. The number of carbonyl (C=O) groups is 2. The molecule has 136 valence electrons. The van der Waals surface area contributed by atoms with Gasteiger partial charge in [0.05, 0.1) is 12.8 Å². The Kier molecular flexibility index (Phi) is 6.86. The van der Waals surface area contributed by atoms with Crippen molar-refractivity contribution in [2.75, 3.05) is 12.4 Å². The van der Waals surface area contributed by atoms with Crippen molar-refractivity contribution in [3.05, 3.63) is 35.5 Å². The number of ether oxygens (including phenoxy) is 1. The maximum atomic E-state index is 12.2. The third kappa shape index (κ3) is 5.81. The highest BCUT2D eigenvalue weighted by atomic mass is 16.5. The van der Waals surface area contributed by atoms with Crippen molar-refractivity contribution in [2.45, 2.75) is 46.0 Å². The van der Waals surface area contributed by atoms with Crippen molar-refractivity contribution in [3.63, 3.8) is 0 Å². The van der Waals surface area contributed by atoms with Crippen molar-refractivity contribution >= 4 is 17.5 Å². The van der Waals surface area contributed by atoms with E-state index in [1.54, 1.807) is 14.0 Å². The van der Waals surface area contributed by atoms with Crippen LogP contribution in [0.5, 0.6) is 5.75 Å². The van der Waals surface area contributed by atoms with Gasteiger partial charge in [-0.15, -0.1) is 0 Å². The summed E-state index contributed by atoms with van der Waals surface area (Å²) in [6.07, 6.45) is 6.69. The maximum Gasteiger partial charge on any atom is 0.250 e. The summed E-state index contributed by atoms with van der Waals surface area (Å²) >= 11 is 0. The van der Waals surface area contributed by atoms with Crippen LogP contribution in [0.4, 0.5) is 5.69 Å². The minimum atomic E-state index is -0.291. The van der Waals surface area contributed by atoms with Crippen LogP contribution in [0.25, 0.3) is 0 Å². The van der Waals surface area contributed by atoms with Crippen molar-refractivity contribution in [1.29, 1.82) is 0 Å². The predicted octanol–water partition coefficient (Wildman–Crippen LogP) is 3.05. The molecule has 2 rings (SSSR count). The number of amides is 2. The van der Waals surface area contributed by atoms with E-state index in [-0.39, 0.29) is 17.7 Å². The van der Waals surface area contributed by atoms with Crippen molar-refractivity contribution in [3.8, 4) is 5.75 Å². The molecule has 0 radical (unpaired) electrons. The fourth-order valence-electron chi connectivity index (χ4n) is 2.95. The summed E-state index contributed by atoms with van der Waals surface area (Å²) in [5.41, 5.74) is 7.70. The van der Waals surface area contributed by atoms with E-state index in [0.29, 0.717) is 17.1 Å². The number of hydrogen-bond acceptors (Lipinski definition) is 4. The highest BCUT2D eigenvalue weighted by Gasteiger charge is 2.20. The standard InChI is InChI=1S/C19H27N3O3/c1-13-9-10-17(25-3)16(11-13)20-18(23)12-14(2)21-22-19(24)15-7-5-4-6-8-15/h9-12,15,21H,4-8H2,1-3H3,(H,20,23)(H,22,24). The summed E-state index contributed by atoms with van der Waals surface area (Å²) in [5.74, 6) is 0.372. The van der Waals surface area contributed by atoms with E-state index in [1.807, 2.05) is 25.1 Å². The van der Waals surface area contributed by atoms with Crippen LogP contribution in [0.2, 0.25) is 0 Å². The van der Waals surface area contributed by atoms with Gasteiger partial charge in [0.2, 0.25) is 11.8 Å². The Balaban J connectivity index is 1.87. The molecule has 1 aliphatic carbocycles. The smallest absolute Gasteiger partial charge is 0.250 e. The molecule has 6 heteroatoms. The molecule has 1 aliphatic rings. The van der Waals surface area contributed by atoms with Crippen LogP contribution in [0.15, 0.2) is 30.0 Å². The fourth-order valence-corrected chi connectivity index (χ4v) is 2.95. The number of rotatable bonds is 6. The molecule has 0 aromatic heterocycles. The van der Waals surface area contributed by atoms with Gasteiger partial charge in [-0.25, -0.2) is 0 Å². The molecular weight excluding hydrogens is 318 g/mol. The highest BCUT2D eigenvalue weighted by molar-refractivity contribution is 6.00. The van der Waals surface area contributed by atoms with Gasteiger partial charge in [0.25, 0.3) is 0 Å². The Morgan fingerprint density at radius 3 is 2.56 bits per heavy atom. The average Bonchev–Trinajstić information content (AvgIpc) is 2.60. The average molecular weight is 345 g/mol. The Morgan fingerprint density at radius 1 is 1.16 bits per heavy atom. The summed E-state index contributed by atoms with van der Waals surface area (Å²) in [6, 6.07) is 5.57. The maximum absolute atomic E-state index is 12.2. The van der Waals surface area contributed by atoms with Gasteiger partial charge < -0.3 is 15.5 Å². The highest BCUT2D eigenvalue weighted by Crippen LogP contribution is 2.25. The molecule has 25 heavy (non-hydrogen) atoms. The fraction of sp³-hybridized carbons (Fsp3) is 0.474. The number of benzene rings is 1. The number of hydrazine groups is 1. The largest absolute Gasteiger partial charge is 0.495 e. The molecule has 2 amide bonds. The van der Waals surface area contributed by atoms with Gasteiger partial charge in [-0.05, 0) is 44.4 Å². The Labute approximate surface area is 149 Å². The van der Waals surface area contributed by atoms with Crippen molar-refractivity contribution < 1.29 is 14.3 Å². The quantitative estimate of drug-likeness (QED) is 0.547. The number of anilines is 1. The van der Waals surface area contributed by atoms with E-state index in [4.69, 9.17) is 4.74 Å². The van der Waals surface area contributed by atoms with E-state index in [1.165, 1.54) is 12.5 Å². The number of methoxy groups -OCH3 is 1. The minimum absolute atomic E-state index is 0.00629. The number of carbonyl (C=O) groups excluding carboxylic acids is 2. The Morgan fingerprint density at radius 2 is 1.88 bits per heavy atom. The minimum Gasteiger partial charge on any atom is -0.495 e. The van der Waals surface area contributed by atoms with Crippen LogP contribution in [0, 0.1) is 12.8 Å². The molecule has 0 heterocycles. The van der Waals surface area contributed by atoms with E-state index in [9.17, 15) is 9.59 Å². The van der Waals surface area contributed by atoms with Crippen LogP contribution in [0.3, 0.4) is 0 Å². The first kappa shape index (κ1) is 18.8. The van der Waals surface area contributed by atoms with Gasteiger partial charge in [0.1, 0.15) is 5.75 Å². The molecule has 0 unspecified atom stereocenters. The molecule has 0 aliphatic heterocycles. The van der Waals surface area contributed by atoms with Crippen molar-refractivity contribution in [1.82, 2.24) is 10.9 Å². The molecule has 3 N–H and O–H groups in total. The first-order valence-corrected chi connectivity index (χ1v) is 8.69. The van der Waals surface area contributed by atoms with Crippen LogP contribution in [-0.4, -0.2) is 18.9 Å². The number of aryl methyl sites for hydroxylation is 1. The SMILES string of the molecule is COc1ccc(C)cc1NC(=O)C=C(C)NNC(=O)C1CCCCC1. The molecule has 1 aromatic rings. The van der Waals surface area contributed by atoms with Gasteiger partial charge in [-0.1, -0.05) is 25.3 Å². The molecule has 0 saturated heterocycles. The lowest BCUT2D eigenvalue weighted by molar-refractivity contribution is -0.126. The molecule has 1 aromatic carbocycles. The summed E-state index contributed by atoms with van der Waals surface area (Å²) in [4.78, 5) is 24.2. The second-order valence-corrected chi connectivity index (χ2v) is 6.47. The lowest BCUT2D eigenvalue weighted by Gasteiger charge is -2.21. The predicted molar refractivity (Wildman–Crippen MR) is 98.0 cm³/mol. The first-order valence-electron chi connectivity index (χ1n) is 8.69. The number of allylic oxidation sites excluding steroid dienone is 1. The molecule has 6 nitrogen and oxygen atoms in total. The second-order valence-electron chi connectivity index (χ2n) is 6.47. The molecule has 0 spiro atoms. The van der Waals surface area contributed by atoms with Crippen LogP contribution in [0.1, 0.15) is 44.6 Å². The van der Waals surface area contributed by atoms with Crippen LogP contribution < -0.4 is 20.9 Å². The topological polar surface area (TPSA) is 79.5 Å². The van der Waals surface area contributed by atoms with E-state index >= 15 is 0 Å². The zero-order valence-electron chi connectivity index (χ0n) is 15.1. The summed E-state index contributed by atoms with van der Waals surface area (Å²) in [6.45, 7) is 3.67. The molecule has 1 saturated carbocycles. The van der Waals surface area contributed by atoms with Gasteiger partial charge in [0, 0.05) is 17.7 Å². The van der Waals surface area contributed by atoms with Crippen LogP contribution >= 0.6 is 0 Å². The van der Waals surface area contributed by atoms with Gasteiger partial charge >= 0.3 is 0 Å². The normalized spacial score (nSPS) is 15.4. The van der Waals surface area contributed by atoms with E-state index in [0.717, 1.165) is 31.2 Å². The Bertz CT molecular complexity index is 649. The lowest BCUT2D eigenvalue weighted by atomic mass is 9.89. The Hall–Kier alpha value is -2.50. The van der Waals surface area contributed by atoms with Gasteiger partial charge in [0.15, 0.2) is 0 Å². The summed E-state index contributed by atoms with van der Waals surface area (Å²) in [7, 11) is 1.56. The first-order chi connectivity index (χ1) is 12.0. The molecule has 0 bridgehead atoms. The number of hydrogen-bond donors (Lipinski definition) is 3. The van der Waals surface area contributed by atoms with Crippen molar-refractivity contribution in [2.24, 2.45) is 5.92 Å². The summed E-state index contributed by atoms with van der Waals surface area (Å²) < 4.78 is 5.24. The zero-order valence-corrected chi connectivity index (χ0v) is 15.1. The van der Waals surface area contributed by atoms with Gasteiger partial charge in [-0.3, -0.25) is 15.0 Å². The zero-order chi connectivity index (χ0) is 18.2. The molecule has 0 atom stereocenters. The second kappa shape index (κ2) is 9.11. The lowest BCUT2D eigenvalue weighted by Crippen LogP contribution is -2.41. The monoisotopic (exact) mass is 345 g/mol. The van der Waals surface area contributed by atoms with Crippen LogP contribution in [-0.2, 0) is 9.59 Å². The third-order valence-corrected chi connectivity index (χ3v) is 4.32. The number of nitrogens with one attached hydrogen (secondary N) is 3. The third-order valence-electron chi connectivity index (χ3n) is 4.32. The van der Waals surface area contributed by atoms with E-state index < -0.39 is 0 Å². The summed E-state index contributed by atoms with van der Waals surface area (Å²) in [5, 5.41) is 2.79. The van der Waals surface area contributed by atoms with E-state index in [2.05, 4.69) is 16.2 Å². The van der Waals surface area contributed by atoms with Gasteiger partial charge in [-0.2, -0.15) is 0 Å².